The zero-order valence-electron chi connectivity index (χ0n) is 7.16. The number of ketones is 1. The van der Waals surface area contributed by atoms with Crippen LogP contribution in [0.5, 0.6) is 0 Å². The van der Waals surface area contributed by atoms with Gasteiger partial charge in [-0.05, 0) is 19.4 Å². The predicted octanol–water partition coefficient (Wildman–Crippen LogP) is 1.65. The Morgan fingerprint density at radius 3 is 2.54 bits per heavy atom. The summed E-state index contributed by atoms with van der Waals surface area (Å²) in [5.41, 5.74) is 0. The van der Waals surface area contributed by atoms with E-state index < -0.39 is 18.4 Å². The summed E-state index contributed by atoms with van der Waals surface area (Å²) in [5, 5.41) is 2.90. The van der Waals surface area contributed by atoms with Gasteiger partial charge >= 0.3 is 6.18 Å². The van der Waals surface area contributed by atoms with Crippen molar-refractivity contribution in [3.05, 3.63) is 0 Å². The van der Waals surface area contributed by atoms with E-state index in [1.165, 1.54) is 0 Å². The Morgan fingerprint density at radius 1 is 1.38 bits per heavy atom. The maximum absolute atomic E-state index is 11.8. The molecule has 0 aromatic rings. The molecule has 2 nitrogen and oxygen atoms in total. The van der Waals surface area contributed by atoms with Crippen LogP contribution in [0.25, 0.3) is 0 Å². The molecule has 1 saturated heterocycles. The van der Waals surface area contributed by atoms with Gasteiger partial charge in [0.05, 0.1) is 0 Å². The van der Waals surface area contributed by atoms with Gasteiger partial charge in [-0.3, -0.25) is 4.79 Å². The van der Waals surface area contributed by atoms with Gasteiger partial charge < -0.3 is 5.32 Å². The van der Waals surface area contributed by atoms with Gasteiger partial charge in [-0.15, -0.1) is 0 Å². The fourth-order valence-corrected chi connectivity index (χ4v) is 1.44. The van der Waals surface area contributed by atoms with E-state index in [4.69, 9.17) is 0 Å². The first-order valence-electron chi connectivity index (χ1n) is 4.33. The predicted molar refractivity (Wildman–Crippen MR) is 41.3 cm³/mol. The molecule has 0 saturated carbocycles. The molecule has 1 fully saturated rings. The van der Waals surface area contributed by atoms with E-state index in [-0.39, 0.29) is 6.04 Å². The lowest BCUT2D eigenvalue weighted by atomic mass is 10.00. The smallest absolute Gasteiger partial charge is 0.314 e. The summed E-state index contributed by atoms with van der Waals surface area (Å²) in [7, 11) is 0. The molecule has 1 N–H and O–H groups in total. The van der Waals surface area contributed by atoms with Crippen LogP contribution >= 0.6 is 0 Å². The highest BCUT2D eigenvalue weighted by atomic mass is 19.4. The molecule has 0 amide bonds. The molecule has 1 aliphatic rings. The molecular formula is C8H12F3NO. The van der Waals surface area contributed by atoms with Crippen LogP contribution in [0.15, 0.2) is 0 Å². The minimum Gasteiger partial charge on any atom is -0.314 e. The summed E-state index contributed by atoms with van der Waals surface area (Å²) in [5.74, 6) is -1.62. The second kappa shape index (κ2) is 4.09. The molecule has 13 heavy (non-hydrogen) atoms. The van der Waals surface area contributed by atoms with Crippen molar-refractivity contribution < 1.29 is 18.0 Å². The molecule has 0 aromatic carbocycles. The number of carbonyl (C=O) groups is 1. The van der Waals surface area contributed by atoms with Gasteiger partial charge in [0, 0.05) is 12.5 Å². The Hall–Kier alpha value is -0.580. The van der Waals surface area contributed by atoms with Crippen molar-refractivity contribution in [2.75, 3.05) is 6.54 Å². The monoisotopic (exact) mass is 195 g/mol. The lowest BCUT2D eigenvalue weighted by Crippen LogP contribution is -2.38. The van der Waals surface area contributed by atoms with Gasteiger partial charge in [0.15, 0.2) is 0 Å². The number of hydrogen-bond donors (Lipinski definition) is 1. The summed E-state index contributed by atoms with van der Waals surface area (Å²) < 4.78 is 35.5. The molecule has 1 aliphatic heterocycles. The molecule has 1 heterocycles. The molecule has 0 aromatic heterocycles. The summed E-state index contributed by atoms with van der Waals surface area (Å²) in [6.07, 6.45) is -2.52. The SMILES string of the molecule is O=C(C[C@@H]1CCCCN1)C(F)(F)F. The van der Waals surface area contributed by atoms with Crippen LogP contribution < -0.4 is 5.32 Å². The Kier molecular flexibility index (Phi) is 3.30. The number of halogens is 3. The standard InChI is InChI=1S/C8H12F3NO/c9-8(10,11)7(13)5-6-3-1-2-4-12-6/h6,12H,1-5H2/t6-/m0/s1. The first-order chi connectivity index (χ1) is 6.00. The van der Waals surface area contributed by atoms with E-state index in [1.807, 2.05) is 0 Å². The van der Waals surface area contributed by atoms with E-state index in [9.17, 15) is 18.0 Å². The van der Waals surface area contributed by atoms with Crippen molar-refractivity contribution in [3.8, 4) is 0 Å². The fourth-order valence-electron chi connectivity index (χ4n) is 1.44. The van der Waals surface area contributed by atoms with Gasteiger partial charge in [-0.1, -0.05) is 6.42 Å². The highest BCUT2D eigenvalue weighted by Crippen LogP contribution is 2.21. The van der Waals surface area contributed by atoms with E-state index in [1.54, 1.807) is 0 Å². The highest BCUT2D eigenvalue weighted by Gasteiger charge is 2.39. The third-order valence-corrected chi connectivity index (χ3v) is 2.16. The van der Waals surface area contributed by atoms with E-state index in [0.717, 1.165) is 19.4 Å². The van der Waals surface area contributed by atoms with Crippen LogP contribution in [0.4, 0.5) is 13.2 Å². The van der Waals surface area contributed by atoms with Crippen LogP contribution in [0.3, 0.4) is 0 Å². The van der Waals surface area contributed by atoms with Crippen molar-refractivity contribution in [2.24, 2.45) is 0 Å². The van der Waals surface area contributed by atoms with Crippen LogP contribution in [0, 0.1) is 0 Å². The van der Waals surface area contributed by atoms with Gasteiger partial charge in [0.2, 0.25) is 5.78 Å². The molecule has 76 valence electrons. The summed E-state index contributed by atoms with van der Waals surface area (Å²) in [6, 6.07) is -0.275. The minimum absolute atomic E-state index is 0.275. The second-order valence-electron chi connectivity index (χ2n) is 3.27. The van der Waals surface area contributed by atoms with Crippen LogP contribution in [-0.2, 0) is 4.79 Å². The molecular weight excluding hydrogens is 183 g/mol. The van der Waals surface area contributed by atoms with Gasteiger partial charge in [-0.2, -0.15) is 13.2 Å². The molecule has 1 rings (SSSR count). The number of piperidine rings is 1. The van der Waals surface area contributed by atoms with Crippen molar-refractivity contribution in [2.45, 2.75) is 37.9 Å². The van der Waals surface area contributed by atoms with Crippen LogP contribution in [0.2, 0.25) is 0 Å². The molecule has 5 heteroatoms. The Balaban J connectivity index is 2.35. The van der Waals surface area contributed by atoms with Crippen LogP contribution in [-0.4, -0.2) is 24.5 Å². The number of hydrogen-bond acceptors (Lipinski definition) is 2. The molecule has 1 atom stereocenters. The first-order valence-corrected chi connectivity index (χ1v) is 4.33. The third-order valence-electron chi connectivity index (χ3n) is 2.16. The second-order valence-corrected chi connectivity index (χ2v) is 3.27. The number of Topliss-reactive ketones (excluding diaryl/α,β-unsaturated/α-hetero) is 1. The normalized spacial score (nSPS) is 24.4. The van der Waals surface area contributed by atoms with Gasteiger partial charge in [0.25, 0.3) is 0 Å². The highest BCUT2D eigenvalue weighted by molar-refractivity contribution is 5.84. The average molecular weight is 195 g/mol. The molecule has 0 radical (unpaired) electrons. The van der Waals surface area contributed by atoms with E-state index in [2.05, 4.69) is 5.32 Å². The fraction of sp³-hybridized carbons (Fsp3) is 0.875. The minimum atomic E-state index is -4.67. The van der Waals surface area contributed by atoms with Crippen molar-refractivity contribution in [3.63, 3.8) is 0 Å². The summed E-state index contributed by atoms with van der Waals surface area (Å²) >= 11 is 0. The largest absolute Gasteiger partial charge is 0.450 e. The van der Waals surface area contributed by atoms with Gasteiger partial charge in [-0.25, -0.2) is 0 Å². The quantitative estimate of drug-likeness (QED) is 0.725. The number of carbonyl (C=O) groups excluding carboxylic acids is 1. The van der Waals surface area contributed by atoms with E-state index in [0.29, 0.717) is 6.42 Å². The lowest BCUT2D eigenvalue weighted by Gasteiger charge is -2.22. The summed E-state index contributed by atoms with van der Waals surface area (Å²) in [6.45, 7) is 0.718. The van der Waals surface area contributed by atoms with Gasteiger partial charge in [0.1, 0.15) is 0 Å². The number of rotatable bonds is 2. The molecule has 0 aliphatic carbocycles. The zero-order chi connectivity index (χ0) is 9.90. The summed E-state index contributed by atoms with van der Waals surface area (Å²) in [4.78, 5) is 10.6. The van der Waals surface area contributed by atoms with Crippen molar-refractivity contribution in [1.29, 1.82) is 0 Å². The van der Waals surface area contributed by atoms with Crippen molar-refractivity contribution >= 4 is 5.78 Å². The number of alkyl halides is 3. The topological polar surface area (TPSA) is 29.1 Å². The molecule has 0 bridgehead atoms. The zero-order valence-corrected chi connectivity index (χ0v) is 7.16. The van der Waals surface area contributed by atoms with Crippen molar-refractivity contribution in [1.82, 2.24) is 5.32 Å². The Bertz CT molecular complexity index is 184. The molecule has 0 spiro atoms. The lowest BCUT2D eigenvalue weighted by molar-refractivity contribution is -0.171. The Labute approximate surface area is 74.5 Å². The molecule has 0 unspecified atom stereocenters. The maximum Gasteiger partial charge on any atom is 0.450 e. The van der Waals surface area contributed by atoms with Crippen LogP contribution in [0.1, 0.15) is 25.7 Å². The Morgan fingerprint density at radius 2 is 2.08 bits per heavy atom. The third kappa shape index (κ3) is 3.34. The first kappa shape index (κ1) is 10.5. The maximum atomic E-state index is 11.8. The number of nitrogens with one attached hydrogen (secondary N) is 1. The van der Waals surface area contributed by atoms with E-state index >= 15 is 0 Å². The average Bonchev–Trinajstić information content (AvgIpc) is 2.04.